The summed E-state index contributed by atoms with van der Waals surface area (Å²) in [6.07, 6.45) is 7.36. The molecule has 0 aromatic heterocycles. The largest absolute Gasteiger partial charge is 0.316 e. The first-order chi connectivity index (χ1) is 5.86. The van der Waals surface area contributed by atoms with Crippen LogP contribution in [0.2, 0.25) is 0 Å². The van der Waals surface area contributed by atoms with Crippen molar-refractivity contribution in [2.75, 3.05) is 13.1 Å². The van der Waals surface area contributed by atoms with Crippen molar-refractivity contribution in [3.63, 3.8) is 0 Å². The van der Waals surface area contributed by atoms with Gasteiger partial charge >= 0.3 is 0 Å². The second-order valence-corrected chi connectivity index (χ2v) is 3.96. The second-order valence-electron chi connectivity index (χ2n) is 3.96. The van der Waals surface area contributed by atoms with E-state index in [0.29, 0.717) is 6.17 Å². The van der Waals surface area contributed by atoms with Gasteiger partial charge in [0.1, 0.15) is 0 Å². The van der Waals surface area contributed by atoms with E-state index < -0.39 is 0 Å². The monoisotopic (exact) mass is 169 g/mol. The van der Waals surface area contributed by atoms with Crippen LogP contribution in [0.3, 0.4) is 0 Å². The molecular weight excluding hydrogens is 150 g/mol. The summed E-state index contributed by atoms with van der Waals surface area (Å²) in [6, 6.07) is 0. The van der Waals surface area contributed by atoms with Crippen molar-refractivity contribution in [3.05, 3.63) is 0 Å². The molecule has 0 aromatic rings. The third kappa shape index (κ3) is 1.79. The molecule has 2 atom stereocenters. The van der Waals surface area contributed by atoms with Gasteiger partial charge in [0, 0.05) is 0 Å². The molecule has 2 aliphatic rings. The zero-order valence-corrected chi connectivity index (χ0v) is 7.63. The van der Waals surface area contributed by atoms with E-state index in [-0.39, 0.29) is 6.17 Å². The molecule has 2 fully saturated rings. The quantitative estimate of drug-likeness (QED) is 0.599. The first-order valence-electron chi connectivity index (χ1n) is 5.12. The molecule has 3 nitrogen and oxygen atoms in total. The van der Waals surface area contributed by atoms with Crippen molar-refractivity contribution in [2.45, 2.75) is 44.4 Å². The van der Waals surface area contributed by atoms with Crippen molar-refractivity contribution >= 4 is 0 Å². The number of piperidine rings is 1. The molecule has 0 aliphatic carbocycles. The second kappa shape index (κ2) is 3.73. The van der Waals surface area contributed by atoms with E-state index in [2.05, 4.69) is 10.2 Å². The maximum atomic E-state index is 5.79. The van der Waals surface area contributed by atoms with E-state index >= 15 is 0 Å². The number of rotatable bonds is 1. The number of nitrogens with two attached hydrogens (primary N) is 1. The highest BCUT2D eigenvalue weighted by Crippen LogP contribution is 2.17. The van der Waals surface area contributed by atoms with Crippen LogP contribution in [0.15, 0.2) is 0 Å². The number of likely N-dealkylation sites (tertiary alicyclic amines) is 1. The molecule has 3 heteroatoms. The minimum atomic E-state index is 0.247. The van der Waals surface area contributed by atoms with Gasteiger partial charge < -0.3 is 5.73 Å². The fourth-order valence-corrected chi connectivity index (χ4v) is 2.27. The SMILES string of the molecule is NC1CCC(N2CCCCC2)N1. The van der Waals surface area contributed by atoms with Gasteiger partial charge in [0.25, 0.3) is 0 Å². The molecule has 2 aliphatic heterocycles. The van der Waals surface area contributed by atoms with Gasteiger partial charge in [-0.15, -0.1) is 0 Å². The highest BCUT2D eigenvalue weighted by molar-refractivity contribution is 4.81. The number of hydrogen-bond donors (Lipinski definition) is 2. The van der Waals surface area contributed by atoms with Crippen LogP contribution in [0, 0.1) is 0 Å². The lowest BCUT2D eigenvalue weighted by molar-refractivity contribution is 0.147. The standard InChI is InChI=1S/C9H19N3/c10-8-4-5-9(11-8)12-6-2-1-3-7-12/h8-9,11H,1-7,10H2. The fraction of sp³-hybridized carbons (Fsp3) is 1.00. The van der Waals surface area contributed by atoms with Crippen molar-refractivity contribution in [2.24, 2.45) is 5.73 Å². The summed E-state index contributed by atoms with van der Waals surface area (Å²) in [4.78, 5) is 2.55. The Hall–Kier alpha value is -0.120. The molecule has 0 aromatic carbocycles. The molecular formula is C9H19N3. The average molecular weight is 169 g/mol. The lowest BCUT2D eigenvalue weighted by Crippen LogP contribution is -2.48. The average Bonchev–Trinajstić information content (AvgIpc) is 2.54. The highest BCUT2D eigenvalue weighted by Gasteiger charge is 2.26. The van der Waals surface area contributed by atoms with Gasteiger partial charge in [0.05, 0.1) is 12.3 Å². The van der Waals surface area contributed by atoms with Crippen LogP contribution in [0.4, 0.5) is 0 Å². The Morgan fingerprint density at radius 3 is 2.42 bits per heavy atom. The van der Waals surface area contributed by atoms with E-state index in [0.717, 1.165) is 6.42 Å². The normalized spacial score (nSPS) is 38.8. The van der Waals surface area contributed by atoms with Crippen LogP contribution in [0.1, 0.15) is 32.1 Å². The van der Waals surface area contributed by atoms with Crippen LogP contribution in [-0.2, 0) is 0 Å². The maximum Gasteiger partial charge on any atom is 0.0610 e. The minimum Gasteiger partial charge on any atom is -0.316 e. The molecule has 0 spiro atoms. The lowest BCUT2D eigenvalue weighted by Gasteiger charge is -2.32. The van der Waals surface area contributed by atoms with Gasteiger partial charge in [0.2, 0.25) is 0 Å². The van der Waals surface area contributed by atoms with Crippen LogP contribution in [0.5, 0.6) is 0 Å². The predicted molar refractivity (Wildman–Crippen MR) is 49.6 cm³/mol. The fourth-order valence-electron chi connectivity index (χ4n) is 2.27. The summed E-state index contributed by atoms with van der Waals surface area (Å²) in [7, 11) is 0. The maximum absolute atomic E-state index is 5.79. The Kier molecular flexibility index (Phi) is 2.63. The van der Waals surface area contributed by atoms with Gasteiger partial charge in [0.15, 0.2) is 0 Å². The van der Waals surface area contributed by atoms with Crippen molar-refractivity contribution in [3.8, 4) is 0 Å². The Bertz CT molecular complexity index is 140. The van der Waals surface area contributed by atoms with Crippen molar-refractivity contribution in [1.82, 2.24) is 10.2 Å². The lowest BCUT2D eigenvalue weighted by atomic mass is 10.1. The molecule has 0 amide bonds. The molecule has 2 rings (SSSR count). The zero-order valence-electron chi connectivity index (χ0n) is 7.63. The van der Waals surface area contributed by atoms with Gasteiger partial charge in [-0.05, 0) is 38.8 Å². The van der Waals surface area contributed by atoms with Gasteiger partial charge in [-0.1, -0.05) is 6.42 Å². The van der Waals surface area contributed by atoms with Gasteiger partial charge in [-0.3, -0.25) is 10.2 Å². The summed E-state index contributed by atoms with van der Waals surface area (Å²) in [5.41, 5.74) is 5.79. The Labute approximate surface area is 74.3 Å². The van der Waals surface area contributed by atoms with E-state index in [1.165, 1.54) is 38.8 Å². The van der Waals surface area contributed by atoms with E-state index in [9.17, 15) is 0 Å². The number of nitrogens with one attached hydrogen (secondary N) is 1. The van der Waals surface area contributed by atoms with Crippen LogP contribution < -0.4 is 11.1 Å². The van der Waals surface area contributed by atoms with Crippen LogP contribution in [0.25, 0.3) is 0 Å². The van der Waals surface area contributed by atoms with Crippen LogP contribution >= 0.6 is 0 Å². The summed E-state index contributed by atoms with van der Waals surface area (Å²) < 4.78 is 0. The van der Waals surface area contributed by atoms with E-state index in [4.69, 9.17) is 5.73 Å². The predicted octanol–water partition coefficient (Wildman–Crippen LogP) is 0.467. The topological polar surface area (TPSA) is 41.3 Å². The van der Waals surface area contributed by atoms with Gasteiger partial charge in [-0.25, -0.2) is 0 Å². The highest BCUT2D eigenvalue weighted by atomic mass is 15.3. The van der Waals surface area contributed by atoms with E-state index in [1.54, 1.807) is 0 Å². The first-order valence-corrected chi connectivity index (χ1v) is 5.12. The third-order valence-corrected chi connectivity index (χ3v) is 2.99. The molecule has 70 valence electrons. The smallest absolute Gasteiger partial charge is 0.0610 e. The van der Waals surface area contributed by atoms with Crippen molar-refractivity contribution < 1.29 is 0 Å². The zero-order chi connectivity index (χ0) is 8.39. The summed E-state index contributed by atoms with van der Waals surface area (Å²) in [6.45, 7) is 2.54. The molecule has 2 heterocycles. The summed E-state index contributed by atoms with van der Waals surface area (Å²) >= 11 is 0. The number of nitrogens with zero attached hydrogens (tertiary/aromatic N) is 1. The molecule has 2 unspecified atom stereocenters. The third-order valence-electron chi connectivity index (χ3n) is 2.99. The Balaban J connectivity index is 1.83. The van der Waals surface area contributed by atoms with Crippen LogP contribution in [-0.4, -0.2) is 30.3 Å². The Morgan fingerprint density at radius 1 is 1.08 bits per heavy atom. The molecule has 0 saturated carbocycles. The molecule has 2 saturated heterocycles. The minimum absolute atomic E-state index is 0.247. The first kappa shape index (κ1) is 8.48. The van der Waals surface area contributed by atoms with Crippen molar-refractivity contribution in [1.29, 1.82) is 0 Å². The van der Waals surface area contributed by atoms with Gasteiger partial charge in [-0.2, -0.15) is 0 Å². The summed E-state index contributed by atoms with van der Waals surface area (Å²) in [5, 5.41) is 3.43. The molecule has 3 N–H and O–H groups in total. The number of hydrogen-bond acceptors (Lipinski definition) is 3. The molecule has 12 heavy (non-hydrogen) atoms. The molecule has 0 radical (unpaired) electrons. The Morgan fingerprint density at radius 2 is 1.83 bits per heavy atom. The molecule has 0 bridgehead atoms. The van der Waals surface area contributed by atoms with E-state index in [1.807, 2.05) is 0 Å². The summed E-state index contributed by atoms with van der Waals surface area (Å²) in [5.74, 6) is 0.